The van der Waals surface area contributed by atoms with Gasteiger partial charge in [0.15, 0.2) is 0 Å². The lowest BCUT2D eigenvalue weighted by molar-refractivity contribution is -0.140. The topological polar surface area (TPSA) is 224 Å². The number of unbranched alkanes of at least 4 members (excludes halogenated alkanes) is 2. The SMILES string of the molecule is C=O.CCCCCNC(=O)CC(O)CC(O)CCNCN1CCN(CC(=O)O)CCN(CC(=O)O)CCN(CC(=O)O)CC1. The molecule has 1 aliphatic heterocycles. The number of aliphatic hydroxyl groups excluding tert-OH is 2. The van der Waals surface area contributed by atoms with Crippen LogP contribution in [0, 0.1) is 0 Å². The second kappa shape index (κ2) is 25.6. The zero-order valence-electron chi connectivity index (χ0n) is 26.1. The third kappa shape index (κ3) is 22.8. The molecule has 1 saturated heterocycles. The number of nitrogens with zero attached hydrogens (tertiary/aromatic N) is 4. The molecule has 1 amide bonds. The van der Waals surface area contributed by atoms with Gasteiger partial charge in [-0.15, -0.1) is 0 Å². The second-order valence-electron chi connectivity index (χ2n) is 10.9. The fourth-order valence-electron chi connectivity index (χ4n) is 4.69. The van der Waals surface area contributed by atoms with Crippen LogP contribution in [0.15, 0.2) is 0 Å². The third-order valence-corrected chi connectivity index (χ3v) is 7.06. The first-order chi connectivity index (χ1) is 21.0. The van der Waals surface area contributed by atoms with Crippen LogP contribution in [-0.4, -0.2) is 180 Å². The number of carboxylic acids is 3. The number of aliphatic hydroxyl groups is 2. The van der Waals surface area contributed by atoms with Crippen molar-refractivity contribution in [3.05, 3.63) is 0 Å². The van der Waals surface area contributed by atoms with Gasteiger partial charge in [-0.2, -0.15) is 0 Å². The number of carbonyl (C=O) groups is 5. The zero-order chi connectivity index (χ0) is 33.3. The quantitative estimate of drug-likeness (QED) is 0.0765. The first kappa shape index (κ1) is 41.3. The molecule has 2 unspecified atom stereocenters. The Hall–Kier alpha value is -2.73. The van der Waals surface area contributed by atoms with E-state index in [0.29, 0.717) is 78.5 Å². The first-order valence-corrected chi connectivity index (χ1v) is 15.2. The van der Waals surface area contributed by atoms with E-state index >= 15 is 0 Å². The molecular weight excluding hydrogens is 580 g/mol. The summed E-state index contributed by atoms with van der Waals surface area (Å²) in [4.78, 5) is 61.3. The van der Waals surface area contributed by atoms with Crippen molar-refractivity contribution in [2.45, 2.75) is 57.7 Å². The van der Waals surface area contributed by atoms with Gasteiger partial charge in [-0.25, -0.2) is 0 Å². The minimum Gasteiger partial charge on any atom is -0.480 e. The van der Waals surface area contributed by atoms with E-state index in [1.165, 1.54) is 0 Å². The molecule has 0 saturated carbocycles. The van der Waals surface area contributed by atoms with Crippen LogP contribution in [0.25, 0.3) is 0 Å². The summed E-state index contributed by atoms with van der Waals surface area (Å²) in [7, 11) is 0. The molecule has 1 rings (SSSR count). The Bertz CT molecular complexity index is 792. The Labute approximate surface area is 260 Å². The maximum Gasteiger partial charge on any atom is 0.317 e. The van der Waals surface area contributed by atoms with Crippen molar-refractivity contribution in [2.75, 3.05) is 91.8 Å². The Morgan fingerprint density at radius 1 is 0.682 bits per heavy atom. The van der Waals surface area contributed by atoms with Crippen molar-refractivity contribution in [3.63, 3.8) is 0 Å². The highest BCUT2D eigenvalue weighted by molar-refractivity contribution is 5.76. The number of aliphatic carboxylic acids is 3. The Morgan fingerprint density at radius 3 is 1.52 bits per heavy atom. The summed E-state index contributed by atoms with van der Waals surface area (Å²) >= 11 is 0. The molecule has 16 heteroatoms. The van der Waals surface area contributed by atoms with E-state index in [2.05, 4.69) is 17.6 Å². The zero-order valence-corrected chi connectivity index (χ0v) is 26.1. The standard InChI is InChI=1S/C27H52N6O9.CH2O/c1-2-3-4-6-29-24(36)17-23(35)16-22(34)5-7-28-21-33-14-12-31(19-26(39)40)10-8-30(18-25(37)38)9-11-32(13-15-33)20-27(41)42;1-2/h22-23,28,34-35H,2-21H2,1H3,(H,29,36)(H,37,38)(H,39,40)(H,41,42);1H2. The van der Waals surface area contributed by atoms with Gasteiger partial charge in [-0.05, 0) is 25.8 Å². The summed E-state index contributed by atoms with van der Waals surface area (Å²) in [5, 5.41) is 54.5. The fourth-order valence-corrected chi connectivity index (χ4v) is 4.69. The van der Waals surface area contributed by atoms with Gasteiger partial charge in [0, 0.05) is 65.6 Å². The van der Waals surface area contributed by atoms with E-state index < -0.39 is 30.1 Å². The van der Waals surface area contributed by atoms with Crippen LogP contribution in [0.3, 0.4) is 0 Å². The Morgan fingerprint density at radius 2 is 1.11 bits per heavy atom. The van der Waals surface area contributed by atoms with Gasteiger partial charge in [0.25, 0.3) is 0 Å². The van der Waals surface area contributed by atoms with Gasteiger partial charge >= 0.3 is 17.9 Å². The van der Waals surface area contributed by atoms with Crippen molar-refractivity contribution >= 4 is 30.6 Å². The van der Waals surface area contributed by atoms with Crippen LogP contribution < -0.4 is 10.6 Å². The van der Waals surface area contributed by atoms with E-state index in [9.17, 15) is 44.7 Å². The summed E-state index contributed by atoms with van der Waals surface area (Å²) in [5.74, 6) is -3.19. The highest BCUT2D eigenvalue weighted by Crippen LogP contribution is 2.06. The highest BCUT2D eigenvalue weighted by atomic mass is 16.4. The van der Waals surface area contributed by atoms with Gasteiger partial charge in [0.05, 0.1) is 38.3 Å². The number of hydrogen-bond donors (Lipinski definition) is 7. The molecule has 1 aliphatic rings. The van der Waals surface area contributed by atoms with Gasteiger partial charge in [0.1, 0.15) is 6.79 Å². The average Bonchev–Trinajstić information content (AvgIpc) is 2.94. The minimum absolute atomic E-state index is 0.0574. The molecule has 7 N–H and O–H groups in total. The molecular formula is C28H54N6O10. The predicted molar refractivity (Wildman–Crippen MR) is 162 cm³/mol. The van der Waals surface area contributed by atoms with Crippen LogP contribution in [0.5, 0.6) is 0 Å². The minimum atomic E-state index is -1.00. The van der Waals surface area contributed by atoms with Crippen LogP contribution in [0.4, 0.5) is 0 Å². The molecule has 0 aromatic carbocycles. The van der Waals surface area contributed by atoms with Crippen LogP contribution >= 0.6 is 0 Å². The molecule has 256 valence electrons. The lowest BCUT2D eigenvalue weighted by atomic mass is 10.1. The molecule has 0 aromatic rings. The molecule has 0 radical (unpaired) electrons. The summed E-state index contributed by atoms with van der Waals surface area (Å²) in [5.41, 5.74) is 0. The lowest BCUT2D eigenvalue weighted by Gasteiger charge is -2.33. The smallest absolute Gasteiger partial charge is 0.317 e. The Balaban J connectivity index is 0.00000904. The molecule has 44 heavy (non-hydrogen) atoms. The number of carboxylic acid groups (broad SMARTS) is 3. The van der Waals surface area contributed by atoms with Gasteiger partial charge in [0.2, 0.25) is 5.91 Å². The summed E-state index contributed by atoms with van der Waals surface area (Å²) in [6, 6.07) is 0. The predicted octanol–water partition coefficient (Wildman–Crippen LogP) is -1.98. The number of hydrogen-bond acceptors (Lipinski definition) is 12. The average molecular weight is 635 g/mol. The normalized spacial score (nSPS) is 17.7. The molecule has 0 bridgehead atoms. The van der Waals surface area contributed by atoms with Gasteiger partial charge in [-0.3, -0.25) is 38.8 Å². The van der Waals surface area contributed by atoms with E-state index in [0.717, 1.165) is 19.3 Å². The molecule has 16 nitrogen and oxygen atoms in total. The van der Waals surface area contributed by atoms with Gasteiger partial charge < -0.3 is 41.0 Å². The summed E-state index contributed by atoms with van der Waals surface area (Å²) in [6.45, 7) is 8.14. The Kier molecular flexibility index (Phi) is 24.0. The monoisotopic (exact) mass is 634 g/mol. The summed E-state index contributed by atoms with van der Waals surface area (Å²) in [6.07, 6.45) is 1.63. The van der Waals surface area contributed by atoms with Crippen LogP contribution in [-0.2, 0) is 24.0 Å². The largest absolute Gasteiger partial charge is 0.480 e. The van der Waals surface area contributed by atoms with Crippen molar-refractivity contribution < 1.29 is 49.5 Å². The molecule has 0 aromatic heterocycles. The van der Waals surface area contributed by atoms with Crippen molar-refractivity contribution in [3.8, 4) is 0 Å². The summed E-state index contributed by atoms with van der Waals surface area (Å²) < 4.78 is 0. The van der Waals surface area contributed by atoms with E-state index in [4.69, 9.17) is 4.79 Å². The third-order valence-electron chi connectivity index (χ3n) is 7.06. The maximum absolute atomic E-state index is 11.9. The molecule has 0 spiro atoms. The van der Waals surface area contributed by atoms with Crippen LogP contribution in [0.2, 0.25) is 0 Å². The first-order valence-electron chi connectivity index (χ1n) is 15.2. The number of carbonyl (C=O) groups excluding carboxylic acids is 2. The maximum atomic E-state index is 11.9. The number of nitrogens with one attached hydrogen (secondary N) is 2. The molecule has 1 heterocycles. The lowest BCUT2D eigenvalue weighted by Crippen LogP contribution is -2.49. The molecule has 2 atom stereocenters. The van der Waals surface area contributed by atoms with E-state index in [-0.39, 0.29) is 38.4 Å². The van der Waals surface area contributed by atoms with Crippen LogP contribution in [0.1, 0.15) is 45.4 Å². The highest BCUT2D eigenvalue weighted by Gasteiger charge is 2.20. The number of rotatable bonds is 19. The molecule has 0 aliphatic carbocycles. The van der Waals surface area contributed by atoms with Crippen molar-refractivity contribution in [2.24, 2.45) is 0 Å². The number of amides is 1. The van der Waals surface area contributed by atoms with E-state index in [1.54, 1.807) is 14.7 Å². The van der Waals surface area contributed by atoms with Crippen molar-refractivity contribution in [1.82, 2.24) is 30.2 Å². The van der Waals surface area contributed by atoms with E-state index in [1.807, 2.05) is 11.7 Å². The van der Waals surface area contributed by atoms with Gasteiger partial charge in [-0.1, -0.05) is 19.8 Å². The molecule has 1 fully saturated rings. The fraction of sp³-hybridized carbons (Fsp3) is 0.821. The second-order valence-corrected chi connectivity index (χ2v) is 10.9. The van der Waals surface area contributed by atoms with Crippen molar-refractivity contribution in [1.29, 1.82) is 0 Å².